The van der Waals surface area contributed by atoms with E-state index in [2.05, 4.69) is 9.82 Å². The zero-order chi connectivity index (χ0) is 15.5. The highest BCUT2D eigenvalue weighted by Crippen LogP contribution is 2.22. The number of benzene rings is 1. The molecule has 1 aromatic heterocycles. The second kappa shape index (κ2) is 6.26. The lowest BCUT2D eigenvalue weighted by Crippen LogP contribution is -2.26. The number of aryl methyl sites for hydroxylation is 1. The Morgan fingerprint density at radius 1 is 1.43 bits per heavy atom. The molecule has 1 N–H and O–H groups in total. The van der Waals surface area contributed by atoms with Gasteiger partial charge in [-0.05, 0) is 24.3 Å². The van der Waals surface area contributed by atoms with Gasteiger partial charge in [0.25, 0.3) is 0 Å². The Labute approximate surface area is 128 Å². The molecular formula is C13H13ClN4O2S. The van der Waals surface area contributed by atoms with Gasteiger partial charge in [0.05, 0.1) is 16.7 Å². The van der Waals surface area contributed by atoms with E-state index in [0.29, 0.717) is 12.0 Å². The van der Waals surface area contributed by atoms with Gasteiger partial charge in [0.1, 0.15) is 4.90 Å². The molecule has 0 radical (unpaired) electrons. The van der Waals surface area contributed by atoms with Gasteiger partial charge >= 0.3 is 0 Å². The van der Waals surface area contributed by atoms with E-state index in [4.69, 9.17) is 16.9 Å². The molecule has 21 heavy (non-hydrogen) atoms. The molecule has 8 heteroatoms. The largest absolute Gasteiger partial charge is 0.273 e. The van der Waals surface area contributed by atoms with Gasteiger partial charge in [-0.1, -0.05) is 11.6 Å². The molecule has 0 aliphatic rings. The first-order chi connectivity index (χ1) is 9.94. The van der Waals surface area contributed by atoms with Crippen LogP contribution < -0.4 is 4.72 Å². The van der Waals surface area contributed by atoms with Crippen molar-refractivity contribution in [2.75, 3.05) is 6.54 Å². The van der Waals surface area contributed by atoms with Crippen LogP contribution in [0.25, 0.3) is 0 Å². The first-order valence-corrected chi connectivity index (χ1v) is 7.96. The molecule has 0 atom stereocenters. The van der Waals surface area contributed by atoms with Crippen LogP contribution in [0.2, 0.25) is 5.02 Å². The van der Waals surface area contributed by atoms with Crippen molar-refractivity contribution in [3.63, 3.8) is 0 Å². The summed E-state index contributed by atoms with van der Waals surface area (Å²) in [6.45, 7) is 0.234. The first-order valence-electron chi connectivity index (χ1n) is 6.10. The molecule has 0 saturated carbocycles. The van der Waals surface area contributed by atoms with Crippen LogP contribution in [-0.4, -0.2) is 24.7 Å². The van der Waals surface area contributed by atoms with E-state index in [1.54, 1.807) is 17.9 Å². The number of halogens is 1. The highest BCUT2D eigenvalue weighted by Gasteiger charge is 2.17. The Balaban J connectivity index is 2.09. The molecule has 0 bridgehead atoms. The van der Waals surface area contributed by atoms with Crippen LogP contribution in [0.4, 0.5) is 0 Å². The van der Waals surface area contributed by atoms with Gasteiger partial charge in [-0.25, -0.2) is 13.1 Å². The molecule has 2 aromatic rings. The molecular weight excluding hydrogens is 312 g/mol. The molecule has 1 heterocycles. The highest BCUT2D eigenvalue weighted by atomic mass is 35.5. The standard InChI is InChI=1S/C13H13ClN4O2S/c1-18-11(4-6-16-18)5-7-17-21(19,20)13-3-2-10(9-15)8-12(13)14/h2-4,6,8,17H,5,7H2,1H3. The van der Waals surface area contributed by atoms with Gasteiger partial charge in [-0.2, -0.15) is 10.4 Å². The molecule has 0 spiro atoms. The van der Waals surface area contributed by atoms with Crippen molar-refractivity contribution in [2.45, 2.75) is 11.3 Å². The third-order valence-electron chi connectivity index (χ3n) is 2.95. The number of aromatic nitrogens is 2. The van der Waals surface area contributed by atoms with Crippen LogP contribution in [0.3, 0.4) is 0 Å². The Bertz CT molecular complexity index is 793. The fourth-order valence-electron chi connectivity index (χ4n) is 1.83. The first kappa shape index (κ1) is 15.5. The van der Waals surface area contributed by atoms with Crippen molar-refractivity contribution >= 4 is 21.6 Å². The number of nitriles is 1. The van der Waals surface area contributed by atoms with Crippen molar-refractivity contribution in [3.8, 4) is 6.07 Å². The molecule has 0 unspecified atom stereocenters. The van der Waals surface area contributed by atoms with Crippen molar-refractivity contribution in [3.05, 3.63) is 46.7 Å². The van der Waals surface area contributed by atoms with Crippen LogP contribution in [0.1, 0.15) is 11.3 Å². The predicted octanol–water partition coefficient (Wildman–Crippen LogP) is 1.47. The van der Waals surface area contributed by atoms with Crippen molar-refractivity contribution in [1.82, 2.24) is 14.5 Å². The van der Waals surface area contributed by atoms with Crippen LogP contribution in [0, 0.1) is 11.3 Å². The minimum Gasteiger partial charge on any atom is -0.273 e. The summed E-state index contributed by atoms with van der Waals surface area (Å²) in [5.41, 5.74) is 1.23. The van der Waals surface area contributed by atoms with Gasteiger partial charge in [0.2, 0.25) is 10.0 Å². The summed E-state index contributed by atoms with van der Waals surface area (Å²) >= 11 is 5.91. The average molecular weight is 325 g/mol. The number of rotatable bonds is 5. The van der Waals surface area contributed by atoms with E-state index in [1.807, 2.05) is 12.1 Å². The third kappa shape index (κ3) is 3.61. The Morgan fingerprint density at radius 3 is 2.76 bits per heavy atom. The summed E-state index contributed by atoms with van der Waals surface area (Å²) in [4.78, 5) is -0.0341. The van der Waals surface area contributed by atoms with Crippen LogP contribution in [0.15, 0.2) is 35.4 Å². The third-order valence-corrected chi connectivity index (χ3v) is 4.89. The minimum atomic E-state index is -3.70. The van der Waals surface area contributed by atoms with Gasteiger partial charge < -0.3 is 0 Å². The number of nitrogens with zero attached hydrogens (tertiary/aromatic N) is 3. The SMILES string of the molecule is Cn1nccc1CCNS(=O)(=O)c1ccc(C#N)cc1Cl. The zero-order valence-corrected chi connectivity index (χ0v) is 12.8. The number of hydrogen-bond donors (Lipinski definition) is 1. The van der Waals surface area contributed by atoms with E-state index in [-0.39, 0.29) is 16.5 Å². The molecule has 0 amide bonds. The molecule has 0 aliphatic carbocycles. The summed E-state index contributed by atoms with van der Waals surface area (Å²) in [6, 6.07) is 7.80. The molecule has 0 aliphatic heterocycles. The lowest BCUT2D eigenvalue weighted by atomic mass is 10.2. The normalized spacial score (nSPS) is 11.3. The quantitative estimate of drug-likeness (QED) is 0.902. The van der Waals surface area contributed by atoms with E-state index in [0.717, 1.165) is 5.69 Å². The smallest absolute Gasteiger partial charge is 0.242 e. The second-order valence-electron chi connectivity index (χ2n) is 4.35. The van der Waals surface area contributed by atoms with Crippen LogP contribution in [0.5, 0.6) is 0 Å². The van der Waals surface area contributed by atoms with Gasteiger partial charge in [0.15, 0.2) is 0 Å². The van der Waals surface area contributed by atoms with Crippen molar-refractivity contribution < 1.29 is 8.42 Å². The summed E-state index contributed by atoms with van der Waals surface area (Å²) in [7, 11) is -1.91. The molecule has 0 saturated heterocycles. The van der Waals surface area contributed by atoms with Crippen LogP contribution in [-0.2, 0) is 23.5 Å². The molecule has 2 rings (SSSR count). The van der Waals surface area contributed by atoms with E-state index in [1.165, 1.54) is 18.2 Å². The maximum atomic E-state index is 12.2. The Kier molecular flexibility index (Phi) is 4.63. The topological polar surface area (TPSA) is 87.8 Å². The second-order valence-corrected chi connectivity index (χ2v) is 6.49. The molecule has 110 valence electrons. The monoisotopic (exact) mass is 324 g/mol. The maximum Gasteiger partial charge on any atom is 0.242 e. The Morgan fingerprint density at radius 2 is 2.19 bits per heavy atom. The van der Waals surface area contributed by atoms with Gasteiger partial charge in [-0.15, -0.1) is 0 Å². The summed E-state index contributed by atoms with van der Waals surface area (Å²) in [5.74, 6) is 0. The fourth-order valence-corrected chi connectivity index (χ4v) is 3.40. The number of nitrogens with one attached hydrogen (secondary N) is 1. The maximum absolute atomic E-state index is 12.2. The molecule has 6 nitrogen and oxygen atoms in total. The van der Waals surface area contributed by atoms with Gasteiger partial charge in [-0.3, -0.25) is 4.68 Å². The molecule has 0 fully saturated rings. The summed E-state index contributed by atoms with van der Waals surface area (Å²) < 4.78 is 28.5. The summed E-state index contributed by atoms with van der Waals surface area (Å²) in [6.07, 6.45) is 2.17. The molecule has 1 aromatic carbocycles. The predicted molar refractivity (Wildman–Crippen MR) is 78.3 cm³/mol. The fraction of sp³-hybridized carbons (Fsp3) is 0.231. The lowest BCUT2D eigenvalue weighted by molar-refractivity contribution is 0.580. The van der Waals surface area contributed by atoms with E-state index >= 15 is 0 Å². The minimum absolute atomic E-state index is 0.0297. The Hall–Kier alpha value is -1.88. The lowest BCUT2D eigenvalue weighted by Gasteiger charge is -2.08. The van der Waals surface area contributed by atoms with Gasteiger partial charge in [0, 0.05) is 31.9 Å². The number of hydrogen-bond acceptors (Lipinski definition) is 4. The van der Waals surface area contributed by atoms with Crippen molar-refractivity contribution in [1.29, 1.82) is 5.26 Å². The van der Waals surface area contributed by atoms with E-state index in [9.17, 15) is 8.42 Å². The zero-order valence-electron chi connectivity index (χ0n) is 11.2. The van der Waals surface area contributed by atoms with E-state index < -0.39 is 10.0 Å². The van der Waals surface area contributed by atoms with Crippen molar-refractivity contribution in [2.24, 2.45) is 7.05 Å². The highest BCUT2D eigenvalue weighted by molar-refractivity contribution is 7.89. The number of sulfonamides is 1. The van der Waals surface area contributed by atoms with Crippen LogP contribution >= 0.6 is 11.6 Å². The summed E-state index contributed by atoms with van der Waals surface area (Å²) in [5, 5.41) is 12.8. The average Bonchev–Trinajstić information content (AvgIpc) is 2.83.